The van der Waals surface area contributed by atoms with E-state index in [1.165, 1.54) is 0 Å². The van der Waals surface area contributed by atoms with Crippen LogP contribution in [-0.4, -0.2) is 11.8 Å². The van der Waals surface area contributed by atoms with Crippen LogP contribution in [0.2, 0.25) is 0 Å². The Hall–Kier alpha value is -1.53. The van der Waals surface area contributed by atoms with Crippen LogP contribution < -0.4 is 5.32 Å². The van der Waals surface area contributed by atoms with Crippen molar-refractivity contribution < 1.29 is 4.79 Å². The van der Waals surface area contributed by atoms with E-state index in [0.29, 0.717) is 30.8 Å². The summed E-state index contributed by atoms with van der Waals surface area (Å²) >= 11 is 5.49. The number of nitriles is 1. The van der Waals surface area contributed by atoms with Crippen LogP contribution in [0.4, 0.5) is 0 Å². The lowest BCUT2D eigenvalue weighted by atomic mass is 10.1. The second kappa shape index (κ2) is 6.86. The van der Waals surface area contributed by atoms with E-state index in [4.69, 9.17) is 16.9 Å². The smallest absolute Gasteiger partial charge is 0.220 e. The summed E-state index contributed by atoms with van der Waals surface area (Å²) in [6, 6.07) is 9.24. The van der Waals surface area contributed by atoms with Crippen LogP contribution in [0.3, 0.4) is 0 Å². The molecule has 0 saturated heterocycles. The molecule has 0 saturated carbocycles. The van der Waals surface area contributed by atoms with Crippen molar-refractivity contribution in [2.75, 3.05) is 5.88 Å². The van der Waals surface area contributed by atoms with E-state index in [1.807, 2.05) is 6.07 Å². The lowest BCUT2D eigenvalue weighted by Gasteiger charge is -2.04. The molecule has 0 unspecified atom stereocenters. The number of rotatable bonds is 5. The summed E-state index contributed by atoms with van der Waals surface area (Å²) in [5, 5.41) is 11.5. The van der Waals surface area contributed by atoms with Crippen LogP contribution >= 0.6 is 11.6 Å². The van der Waals surface area contributed by atoms with E-state index in [9.17, 15) is 4.79 Å². The maximum Gasteiger partial charge on any atom is 0.220 e. The number of carbonyl (C=O) groups excluding carboxylic acids is 1. The first kappa shape index (κ1) is 12.5. The third kappa shape index (κ3) is 4.33. The molecule has 4 heteroatoms. The molecule has 0 heterocycles. The highest BCUT2D eigenvalue weighted by molar-refractivity contribution is 6.17. The predicted octanol–water partition coefficient (Wildman–Crippen LogP) is 2.19. The average molecular weight is 237 g/mol. The normalized spacial score (nSPS) is 9.50. The summed E-state index contributed by atoms with van der Waals surface area (Å²) in [6.07, 6.45) is 1.13. The van der Waals surface area contributed by atoms with Gasteiger partial charge in [0.1, 0.15) is 0 Å². The Morgan fingerprint density at radius 1 is 1.50 bits per heavy atom. The van der Waals surface area contributed by atoms with E-state index < -0.39 is 0 Å². The van der Waals surface area contributed by atoms with Crippen molar-refractivity contribution in [3.63, 3.8) is 0 Å². The lowest BCUT2D eigenvalue weighted by Crippen LogP contribution is -2.22. The first-order valence-electron chi connectivity index (χ1n) is 5.08. The lowest BCUT2D eigenvalue weighted by molar-refractivity contribution is -0.121. The van der Waals surface area contributed by atoms with Gasteiger partial charge in [-0.3, -0.25) is 4.79 Å². The van der Waals surface area contributed by atoms with Gasteiger partial charge >= 0.3 is 0 Å². The highest BCUT2D eigenvalue weighted by Crippen LogP contribution is 2.03. The van der Waals surface area contributed by atoms with Crippen molar-refractivity contribution in [2.45, 2.75) is 19.4 Å². The van der Waals surface area contributed by atoms with E-state index in [0.717, 1.165) is 5.56 Å². The van der Waals surface area contributed by atoms with Gasteiger partial charge in [0, 0.05) is 18.8 Å². The molecule has 0 atom stereocenters. The minimum atomic E-state index is -0.0111. The molecule has 16 heavy (non-hydrogen) atoms. The largest absolute Gasteiger partial charge is 0.352 e. The van der Waals surface area contributed by atoms with Crippen LogP contribution in [0, 0.1) is 11.3 Å². The van der Waals surface area contributed by atoms with Crippen LogP contribution in [0.1, 0.15) is 24.0 Å². The maximum absolute atomic E-state index is 11.3. The summed E-state index contributed by atoms with van der Waals surface area (Å²) < 4.78 is 0. The molecule has 0 aliphatic carbocycles. The number of nitrogens with one attached hydrogen (secondary N) is 1. The Kier molecular flexibility index (Phi) is 5.38. The van der Waals surface area contributed by atoms with E-state index in [1.54, 1.807) is 18.2 Å². The zero-order chi connectivity index (χ0) is 11.8. The molecule has 0 bridgehead atoms. The summed E-state index contributed by atoms with van der Waals surface area (Å²) in [6.45, 7) is 0.455. The summed E-state index contributed by atoms with van der Waals surface area (Å²) in [5.74, 6) is 0.486. The molecular weight excluding hydrogens is 224 g/mol. The van der Waals surface area contributed by atoms with Gasteiger partial charge in [0.15, 0.2) is 0 Å². The van der Waals surface area contributed by atoms with Crippen molar-refractivity contribution >= 4 is 17.5 Å². The highest BCUT2D eigenvalue weighted by Gasteiger charge is 2.01. The molecule has 1 aromatic rings. The number of hydrogen-bond acceptors (Lipinski definition) is 2. The Morgan fingerprint density at radius 2 is 2.31 bits per heavy atom. The fraction of sp³-hybridized carbons (Fsp3) is 0.333. The van der Waals surface area contributed by atoms with Gasteiger partial charge in [-0.25, -0.2) is 0 Å². The van der Waals surface area contributed by atoms with E-state index in [2.05, 4.69) is 11.4 Å². The predicted molar refractivity (Wildman–Crippen MR) is 63.0 cm³/mol. The quantitative estimate of drug-likeness (QED) is 0.797. The summed E-state index contributed by atoms with van der Waals surface area (Å²) in [4.78, 5) is 11.3. The average Bonchev–Trinajstić information content (AvgIpc) is 2.34. The summed E-state index contributed by atoms with van der Waals surface area (Å²) in [5.41, 5.74) is 1.53. The molecule has 84 valence electrons. The summed E-state index contributed by atoms with van der Waals surface area (Å²) in [7, 11) is 0. The SMILES string of the molecule is N#Cc1cccc(CNC(=O)CCCCl)c1. The molecule has 1 N–H and O–H groups in total. The number of amides is 1. The van der Waals surface area contributed by atoms with Crippen LogP contribution in [-0.2, 0) is 11.3 Å². The molecule has 0 aliphatic heterocycles. The number of alkyl halides is 1. The van der Waals surface area contributed by atoms with Crippen molar-refractivity contribution in [1.82, 2.24) is 5.32 Å². The fourth-order valence-corrected chi connectivity index (χ4v) is 1.40. The molecular formula is C12H13ClN2O. The van der Waals surface area contributed by atoms with Gasteiger partial charge in [0.05, 0.1) is 11.6 Å². The molecule has 1 rings (SSSR count). The van der Waals surface area contributed by atoms with Gasteiger partial charge in [-0.2, -0.15) is 5.26 Å². The zero-order valence-corrected chi connectivity index (χ0v) is 9.63. The van der Waals surface area contributed by atoms with E-state index >= 15 is 0 Å². The minimum absolute atomic E-state index is 0.0111. The van der Waals surface area contributed by atoms with Crippen molar-refractivity contribution in [3.8, 4) is 6.07 Å². The third-order valence-corrected chi connectivity index (χ3v) is 2.35. The molecule has 0 fully saturated rings. The van der Waals surface area contributed by atoms with Gasteiger partial charge in [-0.15, -0.1) is 11.6 Å². The monoisotopic (exact) mass is 236 g/mol. The number of nitrogens with zero attached hydrogens (tertiary/aromatic N) is 1. The van der Waals surface area contributed by atoms with E-state index in [-0.39, 0.29) is 5.91 Å². The number of carbonyl (C=O) groups is 1. The molecule has 3 nitrogen and oxygen atoms in total. The number of halogens is 1. The minimum Gasteiger partial charge on any atom is -0.352 e. The second-order valence-corrected chi connectivity index (χ2v) is 3.76. The van der Waals surface area contributed by atoms with Gasteiger partial charge < -0.3 is 5.32 Å². The molecule has 1 amide bonds. The number of hydrogen-bond donors (Lipinski definition) is 1. The van der Waals surface area contributed by atoms with Crippen molar-refractivity contribution in [1.29, 1.82) is 5.26 Å². The second-order valence-electron chi connectivity index (χ2n) is 3.38. The Labute approximate surface area is 100 Å². The molecule has 0 spiro atoms. The molecule has 0 aliphatic rings. The zero-order valence-electron chi connectivity index (χ0n) is 8.87. The van der Waals surface area contributed by atoms with Gasteiger partial charge in [0.2, 0.25) is 5.91 Å². The van der Waals surface area contributed by atoms with Crippen molar-refractivity contribution in [3.05, 3.63) is 35.4 Å². The maximum atomic E-state index is 11.3. The standard InChI is InChI=1S/C12H13ClN2O/c13-6-2-5-12(16)15-9-11-4-1-3-10(7-11)8-14/h1,3-4,7H,2,5-6,9H2,(H,15,16). The van der Waals surface area contributed by atoms with Gasteiger partial charge in [-0.1, -0.05) is 12.1 Å². The van der Waals surface area contributed by atoms with Crippen molar-refractivity contribution in [2.24, 2.45) is 0 Å². The first-order valence-corrected chi connectivity index (χ1v) is 5.61. The van der Waals surface area contributed by atoms with Crippen LogP contribution in [0.25, 0.3) is 0 Å². The highest BCUT2D eigenvalue weighted by atomic mass is 35.5. The van der Waals surface area contributed by atoms with Gasteiger partial charge in [0.25, 0.3) is 0 Å². The molecule has 0 aromatic heterocycles. The first-order chi connectivity index (χ1) is 7.76. The number of benzene rings is 1. The Morgan fingerprint density at radius 3 is 3.00 bits per heavy atom. The topological polar surface area (TPSA) is 52.9 Å². The third-order valence-electron chi connectivity index (χ3n) is 2.08. The fourth-order valence-electron chi connectivity index (χ4n) is 1.27. The Balaban J connectivity index is 2.42. The Bertz CT molecular complexity index is 398. The van der Waals surface area contributed by atoms with Gasteiger partial charge in [-0.05, 0) is 24.1 Å². The molecule has 0 radical (unpaired) electrons. The van der Waals surface area contributed by atoms with Crippen LogP contribution in [0.15, 0.2) is 24.3 Å². The molecule has 1 aromatic carbocycles. The van der Waals surface area contributed by atoms with Crippen LogP contribution in [0.5, 0.6) is 0 Å².